The van der Waals surface area contributed by atoms with Gasteiger partial charge in [-0.15, -0.1) is 0 Å². The summed E-state index contributed by atoms with van der Waals surface area (Å²) in [5.41, 5.74) is 0.659. The van der Waals surface area contributed by atoms with Gasteiger partial charge >= 0.3 is 0 Å². The molecule has 8 nitrogen and oxygen atoms in total. The van der Waals surface area contributed by atoms with E-state index >= 15 is 0 Å². The number of ether oxygens (including phenoxy) is 1. The number of fused-ring (bicyclic) bond motifs is 1. The largest absolute Gasteiger partial charge is 0.382 e. The minimum atomic E-state index is -4.51. The molecule has 1 atom stereocenters. The summed E-state index contributed by atoms with van der Waals surface area (Å²) in [5, 5.41) is 3.43. The van der Waals surface area contributed by atoms with Crippen LogP contribution in [0.2, 0.25) is 0 Å². The molecule has 0 saturated heterocycles. The van der Waals surface area contributed by atoms with Crippen LogP contribution < -0.4 is 10.2 Å². The maximum Gasteiger partial charge on any atom is 0.295 e. The van der Waals surface area contributed by atoms with Gasteiger partial charge in [-0.05, 0) is 38.1 Å². The molecule has 0 bridgehead atoms. The Morgan fingerprint density at radius 3 is 2.21 bits per heavy atom. The van der Waals surface area contributed by atoms with Crippen molar-refractivity contribution in [1.82, 2.24) is 5.32 Å². The second-order valence-electron chi connectivity index (χ2n) is 7.78. The van der Waals surface area contributed by atoms with Gasteiger partial charge in [0.2, 0.25) is 5.91 Å². The Balaban J connectivity index is 2.29. The van der Waals surface area contributed by atoms with Crippen LogP contribution in [0.5, 0.6) is 0 Å². The Morgan fingerprint density at radius 1 is 0.970 bits per heavy atom. The minimum absolute atomic E-state index is 0.0918. The molecule has 0 aliphatic heterocycles. The summed E-state index contributed by atoms with van der Waals surface area (Å²) in [6, 6.07) is 16.4. The van der Waals surface area contributed by atoms with Crippen molar-refractivity contribution >= 4 is 38.4 Å². The highest BCUT2D eigenvalue weighted by molar-refractivity contribution is 7.86. The zero-order valence-corrected chi connectivity index (χ0v) is 19.4. The van der Waals surface area contributed by atoms with Crippen LogP contribution in [0.15, 0.2) is 71.6 Å². The van der Waals surface area contributed by atoms with E-state index < -0.39 is 28.0 Å². The number of nitrogens with one attached hydrogen (secondary N) is 1. The maximum absolute atomic E-state index is 13.7. The third-order valence-electron chi connectivity index (χ3n) is 5.01. The van der Waals surface area contributed by atoms with Gasteiger partial charge in [0.25, 0.3) is 16.0 Å². The van der Waals surface area contributed by atoms with Gasteiger partial charge in [0.05, 0.1) is 12.3 Å². The fraction of sp³-hybridized carbons (Fsp3) is 0.250. The van der Waals surface area contributed by atoms with Crippen molar-refractivity contribution in [2.24, 2.45) is 0 Å². The van der Waals surface area contributed by atoms with Gasteiger partial charge in [-0.25, -0.2) is 0 Å². The molecule has 0 spiro atoms. The van der Waals surface area contributed by atoms with E-state index in [9.17, 15) is 22.6 Å². The molecule has 1 unspecified atom stereocenters. The molecule has 0 radical (unpaired) electrons. The standard InChI is InChI=1S/C24H26N2O6S/c1-16(2)25-23(27)21(15-32-3)26(24(28)17-9-5-4-6-10-17)20-13-7-12-19-18(20)11-8-14-22(19)33(29,30)31/h4-14,16,21H,15H2,1-3H3,(H,25,27)(H,29,30,31). The highest BCUT2D eigenvalue weighted by Crippen LogP contribution is 2.33. The number of hydrogen-bond acceptors (Lipinski definition) is 5. The zero-order chi connectivity index (χ0) is 24.2. The molecule has 2 amide bonds. The summed E-state index contributed by atoms with van der Waals surface area (Å²) in [6.07, 6.45) is 0. The van der Waals surface area contributed by atoms with Crippen molar-refractivity contribution in [3.8, 4) is 0 Å². The van der Waals surface area contributed by atoms with Gasteiger partial charge in [-0.2, -0.15) is 8.42 Å². The van der Waals surface area contributed by atoms with Crippen LogP contribution >= 0.6 is 0 Å². The number of nitrogens with zero attached hydrogens (tertiary/aromatic N) is 1. The number of rotatable bonds is 8. The van der Waals surface area contributed by atoms with Crippen molar-refractivity contribution < 1.29 is 27.3 Å². The number of anilines is 1. The number of carbonyl (C=O) groups is 2. The van der Waals surface area contributed by atoms with Gasteiger partial charge in [0, 0.05) is 29.5 Å². The van der Waals surface area contributed by atoms with E-state index in [1.807, 2.05) is 0 Å². The monoisotopic (exact) mass is 470 g/mol. The average Bonchev–Trinajstić information content (AvgIpc) is 2.77. The highest BCUT2D eigenvalue weighted by Gasteiger charge is 2.33. The molecule has 0 fully saturated rings. The maximum atomic E-state index is 13.7. The Labute approximate surface area is 192 Å². The van der Waals surface area contributed by atoms with Crippen LogP contribution in [0.1, 0.15) is 24.2 Å². The molecule has 0 aromatic heterocycles. The number of amides is 2. The third kappa shape index (κ3) is 5.39. The van der Waals surface area contributed by atoms with Crippen LogP contribution in [0, 0.1) is 0 Å². The molecule has 3 aromatic carbocycles. The van der Waals surface area contributed by atoms with Gasteiger partial charge in [0.1, 0.15) is 10.9 Å². The quantitative estimate of drug-likeness (QED) is 0.489. The Bertz CT molecular complexity index is 1260. The van der Waals surface area contributed by atoms with E-state index in [0.29, 0.717) is 16.6 Å². The third-order valence-corrected chi connectivity index (χ3v) is 5.92. The Morgan fingerprint density at radius 2 is 1.61 bits per heavy atom. The van der Waals surface area contributed by atoms with E-state index in [1.165, 1.54) is 30.2 Å². The first kappa shape index (κ1) is 24.4. The normalized spacial score (nSPS) is 12.5. The first-order valence-electron chi connectivity index (χ1n) is 10.3. The molecule has 3 aromatic rings. The molecule has 33 heavy (non-hydrogen) atoms. The predicted octanol–water partition coefficient (Wildman–Crippen LogP) is 3.27. The van der Waals surface area contributed by atoms with Crippen molar-refractivity contribution in [3.05, 3.63) is 72.3 Å². The van der Waals surface area contributed by atoms with E-state index in [1.54, 1.807) is 62.4 Å². The van der Waals surface area contributed by atoms with E-state index in [0.717, 1.165) is 0 Å². The lowest BCUT2D eigenvalue weighted by molar-refractivity contribution is -0.123. The van der Waals surface area contributed by atoms with Crippen LogP contribution in [-0.4, -0.2) is 50.6 Å². The van der Waals surface area contributed by atoms with Crippen LogP contribution in [-0.2, 0) is 19.6 Å². The zero-order valence-electron chi connectivity index (χ0n) is 18.6. The molecule has 0 aliphatic rings. The van der Waals surface area contributed by atoms with Crippen LogP contribution in [0.3, 0.4) is 0 Å². The van der Waals surface area contributed by atoms with Crippen molar-refractivity contribution in [1.29, 1.82) is 0 Å². The molecule has 2 N–H and O–H groups in total. The summed E-state index contributed by atoms with van der Waals surface area (Å²) in [6.45, 7) is 3.52. The molecule has 9 heteroatoms. The van der Waals surface area contributed by atoms with Gasteiger partial charge in [-0.1, -0.05) is 42.5 Å². The second kappa shape index (κ2) is 10.1. The van der Waals surface area contributed by atoms with E-state index in [4.69, 9.17) is 4.74 Å². The smallest absolute Gasteiger partial charge is 0.295 e. The van der Waals surface area contributed by atoms with Gasteiger partial charge in [-0.3, -0.25) is 19.0 Å². The number of hydrogen-bond donors (Lipinski definition) is 2. The summed E-state index contributed by atoms with van der Waals surface area (Å²) >= 11 is 0. The molecule has 3 rings (SSSR count). The number of carbonyl (C=O) groups excluding carboxylic acids is 2. The minimum Gasteiger partial charge on any atom is -0.382 e. The lowest BCUT2D eigenvalue weighted by Gasteiger charge is -2.32. The fourth-order valence-corrected chi connectivity index (χ4v) is 4.35. The first-order valence-corrected chi connectivity index (χ1v) is 11.8. The first-order chi connectivity index (χ1) is 15.6. The molecule has 0 heterocycles. The van der Waals surface area contributed by atoms with Crippen molar-refractivity contribution in [2.45, 2.75) is 30.8 Å². The topological polar surface area (TPSA) is 113 Å². The lowest BCUT2D eigenvalue weighted by atomic mass is 10.0. The fourth-order valence-electron chi connectivity index (χ4n) is 3.64. The van der Waals surface area contributed by atoms with Crippen molar-refractivity contribution in [3.63, 3.8) is 0 Å². The molecular weight excluding hydrogens is 444 g/mol. The highest BCUT2D eigenvalue weighted by atomic mass is 32.2. The predicted molar refractivity (Wildman–Crippen MR) is 126 cm³/mol. The van der Waals surface area contributed by atoms with Gasteiger partial charge < -0.3 is 10.1 Å². The molecule has 174 valence electrons. The average molecular weight is 471 g/mol. The number of methoxy groups -OCH3 is 1. The van der Waals surface area contributed by atoms with E-state index in [-0.39, 0.29) is 22.9 Å². The number of benzene rings is 3. The summed E-state index contributed by atoms with van der Waals surface area (Å²) < 4.78 is 38.9. The Hall–Kier alpha value is -3.27. The summed E-state index contributed by atoms with van der Waals surface area (Å²) in [4.78, 5) is 27.9. The molecule has 0 saturated carbocycles. The second-order valence-corrected chi connectivity index (χ2v) is 9.17. The van der Waals surface area contributed by atoms with Gasteiger partial charge in [0.15, 0.2) is 0 Å². The molecule has 0 aliphatic carbocycles. The van der Waals surface area contributed by atoms with Crippen LogP contribution in [0.25, 0.3) is 10.8 Å². The van der Waals surface area contributed by atoms with Crippen LogP contribution in [0.4, 0.5) is 5.69 Å². The Kier molecular flexibility index (Phi) is 7.47. The lowest BCUT2D eigenvalue weighted by Crippen LogP contribution is -2.53. The summed E-state index contributed by atoms with van der Waals surface area (Å²) in [7, 11) is -3.08. The summed E-state index contributed by atoms with van der Waals surface area (Å²) in [5.74, 6) is -0.875. The SMILES string of the molecule is COCC(C(=O)NC(C)C)N(C(=O)c1ccccc1)c1cccc2c(S(=O)(=O)O)cccc12. The van der Waals surface area contributed by atoms with Crippen molar-refractivity contribution in [2.75, 3.05) is 18.6 Å². The molecular formula is C24H26N2O6S. The van der Waals surface area contributed by atoms with E-state index in [2.05, 4.69) is 5.32 Å².